The lowest BCUT2D eigenvalue weighted by Gasteiger charge is -2.17. The van der Waals surface area contributed by atoms with Crippen molar-refractivity contribution in [3.63, 3.8) is 0 Å². The van der Waals surface area contributed by atoms with Gasteiger partial charge in [-0.15, -0.1) is 0 Å². The van der Waals surface area contributed by atoms with Gasteiger partial charge in [0.1, 0.15) is 6.04 Å². The number of esters is 1. The minimum atomic E-state index is -0.810. The van der Waals surface area contributed by atoms with E-state index >= 15 is 0 Å². The number of nitrogens with two attached hydrogens (primary N) is 1. The van der Waals surface area contributed by atoms with Crippen molar-refractivity contribution in [3.8, 4) is 0 Å². The molecule has 1 rings (SSSR count). The highest BCUT2D eigenvalue weighted by Gasteiger charge is 2.19. The van der Waals surface area contributed by atoms with E-state index in [4.69, 9.17) is 5.73 Å². The second-order valence-corrected chi connectivity index (χ2v) is 4.10. The summed E-state index contributed by atoms with van der Waals surface area (Å²) in [5, 5.41) is 5.41. The molecule has 20 heavy (non-hydrogen) atoms. The maximum atomic E-state index is 11.5. The quantitative estimate of drug-likeness (QED) is 0.628. The van der Waals surface area contributed by atoms with Crippen LogP contribution in [0.5, 0.6) is 0 Å². The van der Waals surface area contributed by atoms with Crippen LogP contribution in [0.4, 0.5) is 5.69 Å². The summed E-state index contributed by atoms with van der Waals surface area (Å²) in [6.45, 7) is 1.44. The standard InChI is InChI=1S/C13H17N3O4/c1-8(17)16-11(13(19)20-2)7-15-10-5-3-4-9(6-10)12(14)18/h3-6,11,15H,7H2,1-2H3,(H2,14,18)(H,16,17). The lowest BCUT2D eigenvalue weighted by Crippen LogP contribution is -2.45. The number of carbonyl (C=O) groups is 3. The zero-order valence-electron chi connectivity index (χ0n) is 11.3. The number of primary amides is 1. The van der Waals surface area contributed by atoms with E-state index in [9.17, 15) is 14.4 Å². The van der Waals surface area contributed by atoms with Crippen molar-refractivity contribution in [3.05, 3.63) is 29.8 Å². The van der Waals surface area contributed by atoms with Crippen LogP contribution in [0.2, 0.25) is 0 Å². The molecule has 1 unspecified atom stereocenters. The lowest BCUT2D eigenvalue weighted by atomic mass is 10.2. The van der Waals surface area contributed by atoms with Gasteiger partial charge in [0.05, 0.1) is 7.11 Å². The summed E-state index contributed by atoms with van der Waals surface area (Å²) < 4.78 is 4.60. The topological polar surface area (TPSA) is 111 Å². The fraction of sp³-hybridized carbons (Fsp3) is 0.308. The monoisotopic (exact) mass is 279 g/mol. The Morgan fingerprint density at radius 1 is 1.35 bits per heavy atom. The summed E-state index contributed by atoms with van der Waals surface area (Å²) in [6.07, 6.45) is 0. The van der Waals surface area contributed by atoms with E-state index < -0.39 is 17.9 Å². The molecule has 7 nitrogen and oxygen atoms in total. The molecule has 0 aromatic heterocycles. The highest BCUT2D eigenvalue weighted by atomic mass is 16.5. The number of hydrogen-bond acceptors (Lipinski definition) is 5. The van der Waals surface area contributed by atoms with Crippen LogP contribution in [0, 0.1) is 0 Å². The van der Waals surface area contributed by atoms with E-state index in [1.165, 1.54) is 14.0 Å². The zero-order chi connectivity index (χ0) is 15.1. The highest BCUT2D eigenvalue weighted by molar-refractivity contribution is 5.93. The molecule has 0 fully saturated rings. The van der Waals surface area contributed by atoms with Crippen LogP contribution in [0.3, 0.4) is 0 Å². The van der Waals surface area contributed by atoms with Crippen molar-refractivity contribution in [2.75, 3.05) is 19.0 Å². The number of methoxy groups -OCH3 is 1. The third-order valence-electron chi connectivity index (χ3n) is 2.52. The van der Waals surface area contributed by atoms with E-state index in [-0.39, 0.29) is 12.5 Å². The van der Waals surface area contributed by atoms with Crippen LogP contribution < -0.4 is 16.4 Å². The molecule has 1 aromatic carbocycles. The Hall–Kier alpha value is -2.57. The van der Waals surface area contributed by atoms with Gasteiger partial charge in [0.2, 0.25) is 11.8 Å². The number of hydrogen-bond donors (Lipinski definition) is 3. The average Bonchev–Trinajstić information content (AvgIpc) is 2.42. The minimum Gasteiger partial charge on any atom is -0.467 e. The van der Waals surface area contributed by atoms with Crippen molar-refractivity contribution >= 4 is 23.5 Å². The summed E-state index contributed by atoms with van der Waals surface area (Å²) >= 11 is 0. The predicted octanol–water partition coefficient (Wildman–Crippen LogP) is -0.125. The van der Waals surface area contributed by atoms with Crippen LogP contribution in [0.25, 0.3) is 0 Å². The summed E-state index contributed by atoms with van der Waals surface area (Å²) in [4.78, 5) is 33.6. The first-order valence-corrected chi connectivity index (χ1v) is 5.92. The van der Waals surface area contributed by atoms with Gasteiger partial charge < -0.3 is 21.1 Å². The van der Waals surface area contributed by atoms with Gasteiger partial charge in [0.25, 0.3) is 0 Å². The molecule has 0 aliphatic heterocycles. The Bertz CT molecular complexity index is 516. The van der Waals surface area contributed by atoms with Crippen molar-refractivity contribution in [2.24, 2.45) is 5.73 Å². The second kappa shape index (κ2) is 7.13. The van der Waals surface area contributed by atoms with Crippen LogP contribution >= 0.6 is 0 Å². The molecule has 108 valence electrons. The van der Waals surface area contributed by atoms with Gasteiger partial charge in [0, 0.05) is 24.7 Å². The molecule has 0 bridgehead atoms. The molecule has 0 saturated carbocycles. The molecule has 4 N–H and O–H groups in total. The first-order chi connectivity index (χ1) is 9.43. The normalized spacial score (nSPS) is 11.3. The van der Waals surface area contributed by atoms with Crippen LogP contribution in [-0.4, -0.2) is 37.5 Å². The Balaban J connectivity index is 2.71. The summed E-state index contributed by atoms with van der Waals surface area (Å²) in [5.74, 6) is -1.44. The number of nitrogens with one attached hydrogen (secondary N) is 2. The van der Waals surface area contributed by atoms with Gasteiger partial charge in [-0.2, -0.15) is 0 Å². The number of anilines is 1. The Kier molecular flexibility index (Phi) is 5.52. The van der Waals surface area contributed by atoms with E-state index in [1.54, 1.807) is 24.3 Å². The molecule has 0 radical (unpaired) electrons. The number of amides is 2. The molecule has 0 spiro atoms. The molecule has 0 aliphatic rings. The fourth-order valence-corrected chi connectivity index (χ4v) is 1.58. The average molecular weight is 279 g/mol. The highest BCUT2D eigenvalue weighted by Crippen LogP contribution is 2.10. The third kappa shape index (κ3) is 4.60. The maximum Gasteiger partial charge on any atom is 0.330 e. The van der Waals surface area contributed by atoms with Crippen molar-refractivity contribution in [1.82, 2.24) is 5.32 Å². The van der Waals surface area contributed by atoms with Crippen molar-refractivity contribution in [2.45, 2.75) is 13.0 Å². The van der Waals surface area contributed by atoms with E-state index in [0.29, 0.717) is 11.3 Å². The molecule has 2 amide bonds. The largest absolute Gasteiger partial charge is 0.467 e. The van der Waals surface area contributed by atoms with E-state index in [2.05, 4.69) is 15.4 Å². The Labute approximate surface area is 116 Å². The first-order valence-electron chi connectivity index (χ1n) is 5.92. The predicted molar refractivity (Wildman–Crippen MR) is 73.1 cm³/mol. The van der Waals surface area contributed by atoms with Crippen molar-refractivity contribution in [1.29, 1.82) is 0 Å². The molecule has 0 heterocycles. The maximum absolute atomic E-state index is 11.5. The molecular formula is C13H17N3O4. The molecule has 7 heteroatoms. The van der Waals surface area contributed by atoms with Gasteiger partial charge in [-0.3, -0.25) is 9.59 Å². The first kappa shape index (κ1) is 15.5. The van der Waals surface area contributed by atoms with Gasteiger partial charge in [-0.1, -0.05) is 6.07 Å². The molecule has 1 aromatic rings. The van der Waals surface area contributed by atoms with E-state index in [0.717, 1.165) is 0 Å². The number of rotatable bonds is 6. The number of ether oxygens (including phenoxy) is 1. The molecule has 1 atom stereocenters. The molecule has 0 saturated heterocycles. The van der Waals surface area contributed by atoms with Crippen LogP contribution in [0.15, 0.2) is 24.3 Å². The molecular weight excluding hydrogens is 262 g/mol. The second-order valence-electron chi connectivity index (χ2n) is 4.10. The van der Waals surface area contributed by atoms with Crippen molar-refractivity contribution < 1.29 is 19.1 Å². The number of benzene rings is 1. The third-order valence-corrected chi connectivity index (χ3v) is 2.52. The van der Waals surface area contributed by atoms with E-state index in [1.807, 2.05) is 0 Å². The molecule has 0 aliphatic carbocycles. The lowest BCUT2D eigenvalue weighted by molar-refractivity contribution is -0.144. The summed E-state index contributed by atoms with van der Waals surface area (Å²) in [7, 11) is 1.24. The van der Waals surface area contributed by atoms with Crippen LogP contribution in [-0.2, 0) is 14.3 Å². The summed E-state index contributed by atoms with van der Waals surface area (Å²) in [6, 6.07) is 5.71. The van der Waals surface area contributed by atoms with Gasteiger partial charge in [0.15, 0.2) is 0 Å². The fourth-order valence-electron chi connectivity index (χ4n) is 1.58. The van der Waals surface area contributed by atoms with Gasteiger partial charge in [-0.05, 0) is 18.2 Å². The SMILES string of the molecule is COC(=O)C(CNc1cccc(C(N)=O)c1)NC(C)=O. The summed E-state index contributed by atoms with van der Waals surface area (Å²) in [5.41, 5.74) is 6.14. The Morgan fingerprint density at radius 3 is 2.60 bits per heavy atom. The number of carbonyl (C=O) groups excluding carboxylic acids is 3. The zero-order valence-corrected chi connectivity index (χ0v) is 11.3. The van der Waals surface area contributed by atoms with Gasteiger partial charge in [-0.25, -0.2) is 4.79 Å². The van der Waals surface area contributed by atoms with Gasteiger partial charge >= 0.3 is 5.97 Å². The van der Waals surface area contributed by atoms with Crippen LogP contribution in [0.1, 0.15) is 17.3 Å². The minimum absolute atomic E-state index is 0.133. The smallest absolute Gasteiger partial charge is 0.330 e. The Morgan fingerprint density at radius 2 is 2.05 bits per heavy atom.